The molecule has 0 radical (unpaired) electrons. The van der Waals surface area contributed by atoms with Crippen molar-refractivity contribution in [1.82, 2.24) is 4.98 Å². The van der Waals surface area contributed by atoms with Crippen molar-refractivity contribution in [2.24, 2.45) is 0 Å². The minimum absolute atomic E-state index is 0.0380. The van der Waals surface area contributed by atoms with Crippen LogP contribution >= 0.6 is 11.3 Å². The minimum atomic E-state index is -0.399. The number of aromatic nitrogens is 1. The zero-order chi connectivity index (χ0) is 22.8. The van der Waals surface area contributed by atoms with Crippen LogP contribution in [0.25, 0.3) is 10.2 Å². The number of benzene rings is 3. The van der Waals surface area contributed by atoms with Crippen molar-refractivity contribution in [3.63, 3.8) is 0 Å². The van der Waals surface area contributed by atoms with Crippen LogP contribution in [0, 0.1) is 13.8 Å². The van der Waals surface area contributed by atoms with E-state index in [0.717, 1.165) is 45.9 Å². The Hall–Kier alpha value is -3.02. The summed E-state index contributed by atoms with van der Waals surface area (Å²) in [4.78, 5) is 21.1. The molecule has 0 spiro atoms. The molecule has 2 heterocycles. The van der Waals surface area contributed by atoms with Gasteiger partial charge in [0.1, 0.15) is 0 Å². The molecule has 1 aliphatic heterocycles. The number of carbonyl (C=O) groups is 1. The highest BCUT2D eigenvalue weighted by atomic mass is 32.1. The quantitative estimate of drug-likeness (QED) is 0.344. The average molecular weight is 457 g/mol. The van der Waals surface area contributed by atoms with Gasteiger partial charge in [-0.25, -0.2) is 4.98 Å². The number of carbonyl (C=O) groups excluding carboxylic acids is 1. The van der Waals surface area contributed by atoms with Crippen LogP contribution in [0.3, 0.4) is 0 Å². The molecule has 1 fully saturated rings. The van der Waals surface area contributed by atoms with E-state index in [0.29, 0.717) is 6.54 Å². The third-order valence-corrected chi connectivity index (χ3v) is 7.46. The average Bonchev–Trinajstić information content (AvgIpc) is 3.49. The fourth-order valence-electron chi connectivity index (χ4n) is 4.66. The van der Waals surface area contributed by atoms with Gasteiger partial charge in [-0.15, -0.1) is 0 Å². The minimum Gasteiger partial charge on any atom is -0.376 e. The van der Waals surface area contributed by atoms with Crippen LogP contribution < -0.4 is 4.90 Å². The van der Waals surface area contributed by atoms with E-state index in [2.05, 4.69) is 26.0 Å². The van der Waals surface area contributed by atoms with E-state index in [1.165, 1.54) is 11.1 Å². The molecule has 1 atom stereocenters. The number of nitrogens with zero attached hydrogens (tertiary/aromatic N) is 2. The summed E-state index contributed by atoms with van der Waals surface area (Å²) in [5.41, 5.74) is 5.30. The van der Waals surface area contributed by atoms with Crippen molar-refractivity contribution >= 4 is 32.6 Å². The zero-order valence-electron chi connectivity index (χ0n) is 19.0. The highest BCUT2D eigenvalue weighted by molar-refractivity contribution is 7.22. The summed E-state index contributed by atoms with van der Waals surface area (Å²) in [6, 6.07) is 24.3. The maximum absolute atomic E-state index is 14.3. The number of hydrogen-bond acceptors (Lipinski definition) is 4. The molecular weight excluding hydrogens is 428 g/mol. The van der Waals surface area contributed by atoms with E-state index in [1.54, 1.807) is 11.3 Å². The SMILES string of the molecule is Cc1cc(C)c2sc(N(CC3CCCO3)C(=O)C(c3ccccc3)c3ccccc3)nc2c1. The Kier molecular flexibility index (Phi) is 6.25. The van der Waals surface area contributed by atoms with Gasteiger partial charge in [-0.1, -0.05) is 78.1 Å². The lowest BCUT2D eigenvalue weighted by molar-refractivity contribution is -0.119. The van der Waals surface area contributed by atoms with Crippen LogP contribution in [0.5, 0.6) is 0 Å². The summed E-state index contributed by atoms with van der Waals surface area (Å²) in [6.45, 7) is 5.47. The van der Waals surface area contributed by atoms with Crippen molar-refractivity contribution in [3.8, 4) is 0 Å². The summed E-state index contributed by atoms with van der Waals surface area (Å²) in [6.07, 6.45) is 2.04. The van der Waals surface area contributed by atoms with Crippen molar-refractivity contribution in [3.05, 3.63) is 95.1 Å². The lowest BCUT2D eigenvalue weighted by Gasteiger charge is -2.28. The first-order valence-electron chi connectivity index (χ1n) is 11.5. The normalized spacial score (nSPS) is 15.9. The van der Waals surface area contributed by atoms with E-state index < -0.39 is 5.92 Å². The largest absolute Gasteiger partial charge is 0.376 e. The third kappa shape index (κ3) is 4.56. The summed E-state index contributed by atoms with van der Waals surface area (Å²) in [5, 5.41) is 0.746. The molecule has 0 aliphatic carbocycles. The standard InChI is InChI=1S/C28H28N2O2S/c1-19-16-20(2)26-24(17-19)29-28(33-26)30(18-23-14-9-15-32-23)27(31)25(21-10-5-3-6-11-21)22-12-7-4-8-13-22/h3-8,10-13,16-17,23,25H,9,14-15,18H2,1-2H3. The number of rotatable bonds is 6. The Morgan fingerprint density at radius 3 is 2.33 bits per heavy atom. The summed E-state index contributed by atoms with van der Waals surface area (Å²) in [5.74, 6) is -0.361. The molecule has 33 heavy (non-hydrogen) atoms. The molecule has 1 saturated heterocycles. The maximum atomic E-state index is 14.3. The first-order chi connectivity index (χ1) is 16.1. The van der Waals surface area contributed by atoms with Crippen LogP contribution in [0.2, 0.25) is 0 Å². The first kappa shape index (κ1) is 21.8. The van der Waals surface area contributed by atoms with Gasteiger partial charge < -0.3 is 4.74 Å². The second kappa shape index (κ2) is 9.46. The fourth-order valence-corrected chi connectivity index (χ4v) is 5.69. The van der Waals surface area contributed by atoms with Gasteiger partial charge in [-0.2, -0.15) is 0 Å². The molecule has 5 rings (SSSR count). The molecule has 0 saturated carbocycles. The Labute approximate surface area is 198 Å². The fraction of sp³-hybridized carbons (Fsp3) is 0.286. The molecule has 1 aromatic heterocycles. The van der Waals surface area contributed by atoms with Crippen LogP contribution in [0.1, 0.15) is 41.0 Å². The van der Waals surface area contributed by atoms with Crippen LogP contribution in [0.4, 0.5) is 5.13 Å². The predicted octanol–water partition coefficient (Wildman–Crippen LogP) is 6.26. The van der Waals surface area contributed by atoms with Gasteiger partial charge in [0.05, 0.1) is 28.8 Å². The van der Waals surface area contributed by atoms with Gasteiger partial charge in [-0.05, 0) is 55.0 Å². The van der Waals surface area contributed by atoms with Crippen molar-refractivity contribution in [2.45, 2.75) is 38.7 Å². The van der Waals surface area contributed by atoms with Crippen molar-refractivity contribution < 1.29 is 9.53 Å². The van der Waals surface area contributed by atoms with Gasteiger partial charge >= 0.3 is 0 Å². The molecule has 4 aromatic rings. The summed E-state index contributed by atoms with van der Waals surface area (Å²) < 4.78 is 7.08. The monoisotopic (exact) mass is 456 g/mol. The van der Waals surface area contributed by atoms with E-state index in [-0.39, 0.29) is 12.0 Å². The molecule has 0 bridgehead atoms. The van der Waals surface area contributed by atoms with E-state index in [9.17, 15) is 4.79 Å². The Bertz CT molecular complexity index is 1210. The van der Waals surface area contributed by atoms with Gasteiger partial charge in [-0.3, -0.25) is 9.69 Å². The molecule has 4 nitrogen and oxygen atoms in total. The van der Waals surface area contributed by atoms with E-state index >= 15 is 0 Å². The highest BCUT2D eigenvalue weighted by Crippen LogP contribution is 2.36. The number of amides is 1. The number of ether oxygens (including phenoxy) is 1. The molecule has 0 N–H and O–H groups in total. The first-order valence-corrected chi connectivity index (χ1v) is 12.3. The van der Waals surface area contributed by atoms with Crippen LogP contribution in [-0.2, 0) is 9.53 Å². The van der Waals surface area contributed by atoms with Gasteiger partial charge in [0.25, 0.3) is 0 Å². The van der Waals surface area contributed by atoms with Crippen molar-refractivity contribution in [1.29, 1.82) is 0 Å². The molecule has 1 unspecified atom stereocenters. The second-order valence-corrected chi connectivity index (χ2v) is 9.74. The van der Waals surface area contributed by atoms with Crippen LogP contribution in [-0.4, -0.2) is 30.1 Å². The number of aryl methyl sites for hydroxylation is 2. The summed E-state index contributed by atoms with van der Waals surface area (Å²) >= 11 is 1.60. The second-order valence-electron chi connectivity index (χ2n) is 8.76. The van der Waals surface area contributed by atoms with Gasteiger partial charge in [0.15, 0.2) is 5.13 Å². The molecule has 168 valence electrons. The number of fused-ring (bicyclic) bond motifs is 1. The smallest absolute Gasteiger partial charge is 0.240 e. The van der Waals surface area contributed by atoms with Gasteiger partial charge in [0.2, 0.25) is 5.91 Å². The molecule has 1 amide bonds. The van der Waals surface area contributed by atoms with E-state index in [4.69, 9.17) is 9.72 Å². The van der Waals surface area contributed by atoms with Gasteiger partial charge in [0, 0.05) is 6.61 Å². The lowest BCUT2D eigenvalue weighted by atomic mass is 9.90. The Balaban J connectivity index is 1.60. The summed E-state index contributed by atoms with van der Waals surface area (Å²) in [7, 11) is 0. The highest BCUT2D eigenvalue weighted by Gasteiger charge is 2.33. The maximum Gasteiger partial charge on any atom is 0.240 e. The lowest BCUT2D eigenvalue weighted by Crippen LogP contribution is -2.40. The molecular formula is C28H28N2O2S. The Morgan fingerprint density at radius 1 is 1.06 bits per heavy atom. The van der Waals surface area contributed by atoms with Crippen molar-refractivity contribution in [2.75, 3.05) is 18.1 Å². The Morgan fingerprint density at radius 2 is 1.73 bits per heavy atom. The molecule has 1 aliphatic rings. The van der Waals surface area contributed by atoms with E-state index in [1.807, 2.05) is 65.6 Å². The van der Waals surface area contributed by atoms with Crippen LogP contribution in [0.15, 0.2) is 72.8 Å². The number of anilines is 1. The topological polar surface area (TPSA) is 42.4 Å². The predicted molar refractivity (Wildman–Crippen MR) is 135 cm³/mol. The number of hydrogen-bond donors (Lipinski definition) is 0. The third-order valence-electron chi connectivity index (χ3n) is 6.23. The molecule has 5 heteroatoms. The molecule has 3 aromatic carbocycles. The zero-order valence-corrected chi connectivity index (χ0v) is 19.8. The number of thiazole rings is 1.